The van der Waals surface area contributed by atoms with E-state index in [0.717, 1.165) is 28.4 Å². The van der Waals surface area contributed by atoms with Crippen molar-refractivity contribution in [2.45, 2.75) is 19.4 Å². The monoisotopic (exact) mass is 241 g/mol. The largest absolute Gasteiger partial charge is 0.394 e. The van der Waals surface area contributed by atoms with E-state index in [1.165, 1.54) is 0 Å². The summed E-state index contributed by atoms with van der Waals surface area (Å²) in [4.78, 5) is 8.77. The van der Waals surface area contributed by atoms with Gasteiger partial charge in [-0.15, -0.1) is 0 Å². The number of rotatable bonds is 3. The molecule has 4 nitrogen and oxygen atoms in total. The SMILES string of the molecule is CC[C@H](CO)n1cnc2cnc3ccccc3c21. The van der Waals surface area contributed by atoms with Gasteiger partial charge >= 0.3 is 0 Å². The number of aliphatic hydroxyl groups excluding tert-OH is 1. The first kappa shape index (κ1) is 11.2. The maximum Gasteiger partial charge on any atom is 0.107 e. The molecule has 3 aromatic rings. The standard InChI is InChI=1S/C14H15N3O/c1-2-10(8-18)17-9-16-13-7-15-12-6-4-3-5-11(12)14(13)17/h3-7,9-10,18H,2,8H2,1H3/t10-/m1/s1. The average molecular weight is 241 g/mol. The summed E-state index contributed by atoms with van der Waals surface area (Å²) in [6.45, 7) is 2.19. The lowest BCUT2D eigenvalue weighted by Crippen LogP contribution is -2.11. The number of nitrogens with zero attached hydrogens (tertiary/aromatic N) is 3. The number of aromatic nitrogens is 3. The zero-order chi connectivity index (χ0) is 12.5. The Hall–Kier alpha value is -1.94. The molecule has 92 valence electrons. The van der Waals surface area contributed by atoms with Crippen LogP contribution in [0.15, 0.2) is 36.8 Å². The lowest BCUT2D eigenvalue weighted by atomic mass is 10.1. The highest BCUT2D eigenvalue weighted by atomic mass is 16.3. The fourth-order valence-electron chi connectivity index (χ4n) is 2.35. The zero-order valence-corrected chi connectivity index (χ0v) is 10.2. The lowest BCUT2D eigenvalue weighted by Gasteiger charge is -2.15. The number of hydrogen-bond acceptors (Lipinski definition) is 3. The van der Waals surface area contributed by atoms with E-state index in [0.29, 0.717) is 0 Å². The molecule has 0 aliphatic carbocycles. The van der Waals surface area contributed by atoms with Crippen LogP contribution in [0.4, 0.5) is 0 Å². The molecule has 0 saturated carbocycles. The third-order valence-electron chi connectivity index (χ3n) is 3.38. The number of fused-ring (bicyclic) bond motifs is 3. The van der Waals surface area contributed by atoms with E-state index in [1.807, 2.05) is 24.3 Å². The first-order valence-corrected chi connectivity index (χ1v) is 6.16. The molecule has 0 bridgehead atoms. The molecule has 0 aliphatic heterocycles. The Labute approximate surface area is 105 Å². The van der Waals surface area contributed by atoms with Crippen molar-refractivity contribution in [1.82, 2.24) is 14.5 Å². The van der Waals surface area contributed by atoms with Crippen LogP contribution >= 0.6 is 0 Å². The summed E-state index contributed by atoms with van der Waals surface area (Å²) in [6.07, 6.45) is 4.46. The van der Waals surface area contributed by atoms with Gasteiger partial charge in [-0.25, -0.2) is 4.98 Å². The highest BCUT2D eigenvalue weighted by Gasteiger charge is 2.13. The summed E-state index contributed by atoms with van der Waals surface area (Å²) in [5, 5.41) is 10.5. The van der Waals surface area contributed by atoms with Gasteiger partial charge in [-0.05, 0) is 12.5 Å². The molecule has 18 heavy (non-hydrogen) atoms. The van der Waals surface area contributed by atoms with Gasteiger partial charge in [-0.3, -0.25) is 4.98 Å². The Morgan fingerprint density at radius 2 is 2.06 bits per heavy atom. The van der Waals surface area contributed by atoms with Gasteiger partial charge in [0.15, 0.2) is 0 Å². The van der Waals surface area contributed by atoms with Gasteiger partial charge in [0.1, 0.15) is 5.52 Å². The predicted molar refractivity (Wildman–Crippen MR) is 71.4 cm³/mol. The second-order valence-electron chi connectivity index (χ2n) is 4.41. The molecule has 2 heterocycles. The van der Waals surface area contributed by atoms with Gasteiger partial charge in [0.2, 0.25) is 0 Å². The van der Waals surface area contributed by atoms with E-state index in [2.05, 4.69) is 21.5 Å². The molecular formula is C14H15N3O. The Balaban J connectivity index is 2.36. The molecular weight excluding hydrogens is 226 g/mol. The van der Waals surface area contributed by atoms with Crippen molar-refractivity contribution < 1.29 is 5.11 Å². The van der Waals surface area contributed by atoms with Crippen molar-refractivity contribution in [1.29, 1.82) is 0 Å². The smallest absolute Gasteiger partial charge is 0.107 e. The van der Waals surface area contributed by atoms with Crippen molar-refractivity contribution in [2.75, 3.05) is 6.61 Å². The minimum atomic E-state index is 0.0702. The van der Waals surface area contributed by atoms with Crippen LogP contribution in [0.5, 0.6) is 0 Å². The summed E-state index contributed by atoms with van der Waals surface area (Å²) >= 11 is 0. The maximum atomic E-state index is 9.47. The van der Waals surface area contributed by atoms with Gasteiger partial charge in [0.25, 0.3) is 0 Å². The summed E-state index contributed by atoms with van der Waals surface area (Å²) < 4.78 is 2.05. The molecule has 0 aliphatic rings. The number of benzene rings is 1. The van der Waals surface area contributed by atoms with Gasteiger partial charge < -0.3 is 9.67 Å². The summed E-state index contributed by atoms with van der Waals surface area (Å²) in [6, 6.07) is 8.09. The van der Waals surface area contributed by atoms with Crippen LogP contribution in [-0.4, -0.2) is 26.2 Å². The molecule has 0 saturated heterocycles. The molecule has 0 fully saturated rings. The lowest BCUT2D eigenvalue weighted by molar-refractivity contribution is 0.227. The van der Waals surface area contributed by atoms with Crippen molar-refractivity contribution in [3.05, 3.63) is 36.8 Å². The third kappa shape index (κ3) is 1.57. The second kappa shape index (κ2) is 4.38. The fourth-order valence-corrected chi connectivity index (χ4v) is 2.35. The molecule has 0 spiro atoms. The summed E-state index contributed by atoms with van der Waals surface area (Å²) in [5.41, 5.74) is 2.89. The Morgan fingerprint density at radius 3 is 2.83 bits per heavy atom. The van der Waals surface area contributed by atoms with Crippen LogP contribution in [0.25, 0.3) is 21.9 Å². The Kier molecular flexibility index (Phi) is 2.72. The van der Waals surface area contributed by atoms with Crippen LogP contribution < -0.4 is 0 Å². The number of hydrogen-bond donors (Lipinski definition) is 1. The zero-order valence-electron chi connectivity index (χ0n) is 10.2. The highest BCUT2D eigenvalue weighted by molar-refractivity contribution is 6.01. The van der Waals surface area contributed by atoms with Crippen LogP contribution in [0.1, 0.15) is 19.4 Å². The van der Waals surface area contributed by atoms with Crippen molar-refractivity contribution in [3.63, 3.8) is 0 Å². The first-order valence-electron chi connectivity index (χ1n) is 6.16. The molecule has 4 heteroatoms. The molecule has 1 N–H and O–H groups in total. The highest BCUT2D eigenvalue weighted by Crippen LogP contribution is 2.26. The molecule has 0 amide bonds. The van der Waals surface area contributed by atoms with Gasteiger partial charge in [-0.2, -0.15) is 0 Å². The van der Waals surface area contributed by atoms with Crippen molar-refractivity contribution in [2.24, 2.45) is 0 Å². The topological polar surface area (TPSA) is 50.9 Å². The fraction of sp³-hybridized carbons (Fsp3) is 0.286. The molecule has 0 radical (unpaired) electrons. The molecule has 1 aromatic carbocycles. The van der Waals surface area contributed by atoms with Crippen molar-refractivity contribution >= 4 is 21.9 Å². The van der Waals surface area contributed by atoms with Gasteiger partial charge in [0, 0.05) is 5.39 Å². The van der Waals surface area contributed by atoms with E-state index in [1.54, 1.807) is 12.5 Å². The first-order chi connectivity index (χ1) is 8.85. The number of para-hydroxylation sites is 1. The maximum absolute atomic E-state index is 9.47. The summed E-state index contributed by atoms with van der Waals surface area (Å²) in [5.74, 6) is 0. The Morgan fingerprint density at radius 1 is 1.22 bits per heavy atom. The molecule has 1 atom stereocenters. The minimum absolute atomic E-state index is 0.0702. The predicted octanol–water partition coefficient (Wildman–Crippen LogP) is 2.53. The second-order valence-corrected chi connectivity index (χ2v) is 4.41. The molecule has 2 aromatic heterocycles. The average Bonchev–Trinajstić information content (AvgIpc) is 2.85. The molecule has 0 unspecified atom stereocenters. The Bertz CT molecular complexity index is 686. The number of imidazole rings is 1. The van der Waals surface area contributed by atoms with Crippen molar-refractivity contribution in [3.8, 4) is 0 Å². The minimum Gasteiger partial charge on any atom is -0.394 e. The van der Waals surface area contributed by atoms with Crippen LogP contribution in [0.3, 0.4) is 0 Å². The van der Waals surface area contributed by atoms with Gasteiger partial charge in [0.05, 0.1) is 36.2 Å². The van der Waals surface area contributed by atoms with E-state index in [9.17, 15) is 5.11 Å². The van der Waals surface area contributed by atoms with E-state index in [4.69, 9.17) is 0 Å². The third-order valence-corrected chi connectivity index (χ3v) is 3.38. The number of pyridine rings is 1. The van der Waals surface area contributed by atoms with E-state index < -0.39 is 0 Å². The number of aliphatic hydroxyl groups is 1. The van der Waals surface area contributed by atoms with Crippen LogP contribution in [0.2, 0.25) is 0 Å². The molecule has 3 rings (SSSR count). The quantitative estimate of drug-likeness (QED) is 0.766. The van der Waals surface area contributed by atoms with Crippen LogP contribution in [0, 0.1) is 0 Å². The normalized spacial score (nSPS) is 13.2. The van der Waals surface area contributed by atoms with Gasteiger partial charge in [-0.1, -0.05) is 25.1 Å². The van der Waals surface area contributed by atoms with Crippen LogP contribution in [-0.2, 0) is 0 Å². The summed E-state index contributed by atoms with van der Waals surface area (Å²) in [7, 11) is 0. The van der Waals surface area contributed by atoms with E-state index in [-0.39, 0.29) is 12.6 Å². The van der Waals surface area contributed by atoms with E-state index >= 15 is 0 Å².